The van der Waals surface area contributed by atoms with E-state index >= 15 is 0 Å². The average molecular weight is 361 g/mol. The van der Waals surface area contributed by atoms with E-state index in [-0.39, 0.29) is 6.10 Å². The molecule has 2 rings (SSSR count). The molecule has 1 unspecified atom stereocenters. The van der Waals surface area contributed by atoms with Gasteiger partial charge >= 0.3 is 0 Å². The van der Waals surface area contributed by atoms with Crippen molar-refractivity contribution in [1.29, 1.82) is 0 Å². The normalized spacial score (nSPS) is 13.4. The second-order valence-electron chi connectivity index (χ2n) is 6.62. The van der Waals surface area contributed by atoms with Crippen LogP contribution in [0, 0.1) is 6.92 Å². The minimum Gasteiger partial charge on any atom is -0.459 e. The lowest BCUT2D eigenvalue weighted by molar-refractivity contribution is 0.0548. The summed E-state index contributed by atoms with van der Waals surface area (Å²) < 4.78 is 11.8. The van der Waals surface area contributed by atoms with Crippen molar-refractivity contribution >= 4 is 16.9 Å². The van der Waals surface area contributed by atoms with Gasteiger partial charge in [-0.05, 0) is 40.4 Å². The number of aryl methyl sites for hydroxylation is 1. The number of nitrogens with zero attached hydrogens (tertiary/aromatic N) is 2. The van der Waals surface area contributed by atoms with Gasteiger partial charge in [0.15, 0.2) is 5.96 Å². The van der Waals surface area contributed by atoms with Gasteiger partial charge in [-0.2, -0.15) is 0 Å². The maximum Gasteiger partial charge on any atom is 0.191 e. The van der Waals surface area contributed by atoms with Crippen LogP contribution in [-0.4, -0.2) is 57.8 Å². The standard InChI is InChI=1S/C20H32N4O2/c1-6-25-16(11-12-24(4)5)13-22-20(21-3)23-14-19-15(2)17-9-7-8-10-18(17)26-19/h7-10,16H,6,11-14H2,1-5H3,(H2,21,22,23). The second-order valence-corrected chi connectivity index (χ2v) is 6.62. The summed E-state index contributed by atoms with van der Waals surface area (Å²) in [5.74, 6) is 1.68. The predicted molar refractivity (Wildman–Crippen MR) is 108 cm³/mol. The first-order valence-electron chi connectivity index (χ1n) is 9.23. The molecule has 6 heteroatoms. The van der Waals surface area contributed by atoms with Crippen LogP contribution in [0.1, 0.15) is 24.7 Å². The summed E-state index contributed by atoms with van der Waals surface area (Å²) in [5, 5.41) is 7.84. The molecule has 2 aromatic rings. The molecule has 0 saturated heterocycles. The molecule has 1 aromatic carbocycles. The number of hydrogen-bond donors (Lipinski definition) is 2. The quantitative estimate of drug-likeness (QED) is 0.532. The number of furan rings is 1. The van der Waals surface area contributed by atoms with Gasteiger partial charge in [0.05, 0.1) is 12.6 Å². The summed E-state index contributed by atoms with van der Waals surface area (Å²) in [7, 11) is 5.93. The Labute approximate surface area is 156 Å². The topological polar surface area (TPSA) is 62.0 Å². The lowest BCUT2D eigenvalue weighted by Gasteiger charge is -2.21. The molecule has 6 nitrogen and oxygen atoms in total. The summed E-state index contributed by atoms with van der Waals surface area (Å²) >= 11 is 0. The first-order valence-corrected chi connectivity index (χ1v) is 9.23. The maximum atomic E-state index is 5.95. The Morgan fingerprint density at radius 1 is 1.27 bits per heavy atom. The summed E-state index contributed by atoms with van der Waals surface area (Å²) in [6.45, 7) is 7.14. The first kappa shape index (κ1) is 20.3. The fourth-order valence-corrected chi connectivity index (χ4v) is 2.87. The lowest BCUT2D eigenvalue weighted by Crippen LogP contribution is -2.42. The van der Waals surface area contributed by atoms with Crippen LogP contribution in [0.5, 0.6) is 0 Å². The smallest absolute Gasteiger partial charge is 0.191 e. The van der Waals surface area contributed by atoms with E-state index in [1.54, 1.807) is 7.05 Å². The molecule has 0 spiro atoms. The molecule has 0 saturated carbocycles. The van der Waals surface area contributed by atoms with Gasteiger partial charge in [0.25, 0.3) is 0 Å². The third kappa shape index (κ3) is 5.75. The highest BCUT2D eigenvalue weighted by atomic mass is 16.5. The van der Waals surface area contributed by atoms with Crippen LogP contribution >= 0.6 is 0 Å². The first-order chi connectivity index (χ1) is 12.5. The van der Waals surface area contributed by atoms with Crippen molar-refractivity contribution in [2.24, 2.45) is 4.99 Å². The molecule has 2 N–H and O–H groups in total. The van der Waals surface area contributed by atoms with E-state index < -0.39 is 0 Å². The number of guanidine groups is 1. The molecular formula is C20H32N4O2. The molecule has 1 heterocycles. The molecule has 0 aliphatic rings. The van der Waals surface area contributed by atoms with Crippen molar-refractivity contribution < 1.29 is 9.15 Å². The fraction of sp³-hybridized carbons (Fsp3) is 0.550. The van der Waals surface area contributed by atoms with Crippen LogP contribution in [0.2, 0.25) is 0 Å². The third-order valence-corrected chi connectivity index (χ3v) is 4.38. The summed E-state index contributed by atoms with van der Waals surface area (Å²) in [6.07, 6.45) is 1.14. The number of hydrogen-bond acceptors (Lipinski definition) is 4. The monoisotopic (exact) mass is 360 g/mol. The number of benzene rings is 1. The third-order valence-electron chi connectivity index (χ3n) is 4.38. The molecule has 26 heavy (non-hydrogen) atoms. The van der Waals surface area contributed by atoms with Gasteiger partial charge < -0.3 is 24.7 Å². The molecule has 0 amide bonds. The van der Waals surface area contributed by atoms with Gasteiger partial charge in [-0.1, -0.05) is 18.2 Å². The van der Waals surface area contributed by atoms with E-state index in [9.17, 15) is 0 Å². The molecule has 0 aliphatic heterocycles. The molecule has 0 aliphatic carbocycles. The zero-order valence-electron chi connectivity index (χ0n) is 16.6. The lowest BCUT2D eigenvalue weighted by atomic mass is 10.1. The van der Waals surface area contributed by atoms with Crippen molar-refractivity contribution in [2.45, 2.75) is 32.9 Å². The zero-order valence-corrected chi connectivity index (χ0v) is 16.6. The molecule has 0 bridgehead atoms. The van der Waals surface area contributed by atoms with E-state index in [2.05, 4.69) is 47.6 Å². The number of nitrogens with one attached hydrogen (secondary N) is 2. The van der Waals surface area contributed by atoms with Gasteiger partial charge in [0, 0.05) is 37.7 Å². The van der Waals surface area contributed by atoms with Gasteiger partial charge in [-0.3, -0.25) is 4.99 Å². The Balaban J connectivity index is 1.89. The van der Waals surface area contributed by atoms with E-state index in [0.717, 1.165) is 42.2 Å². The van der Waals surface area contributed by atoms with Crippen LogP contribution in [0.4, 0.5) is 0 Å². The van der Waals surface area contributed by atoms with Gasteiger partial charge in [0.2, 0.25) is 0 Å². The Kier molecular flexibility index (Phi) is 7.94. The largest absolute Gasteiger partial charge is 0.459 e. The minimum absolute atomic E-state index is 0.161. The van der Waals surface area contributed by atoms with E-state index in [4.69, 9.17) is 9.15 Å². The highest BCUT2D eigenvalue weighted by Crippen LogP contribution is 2.24. The SMILES string of the molecule is CCOC(CCN(C)C)CNC(=NC)NCc1oc2ccccc2c1C. The molecular weight excluding hydrogens is 328 g/mol. The second kappa shape index (κ2) is 10.2. The van der Waals surface area contributed by atoms with Crippen LogP contribution in [-0.2, 0) is 11.3 Å². The van der Waals surface area contributed by atoms with Crippen LogP contribution in [0.25, 0.3) is 11.0 Å². The van der Waals surface area contributed by atoms with Crippen molar-refractivity contribution in [3.63, 3.8) is 0 Å². The van der Waals surface area contributed by atoms with Crippen molar-refractivity contribution in [3.8, 4) is 0 Å². The molecule has 0 radical (unpaired) electrons. The number of aliphatic imine (C=N–C) groups is 1. The predicted octanol–water partition coefficient (Wildman–Crippen LogP) is 2.76. The van der Waals surface area contributed by atoms with Gasteiger partial charge in [-0.25, -0.2) is 0 Å². The van der Waals surface area contributed by atoms with Crippen molar-refractivity contribution in [1.82, 2.24) is 15.5 Å². The molecule has 144 valence electrons. The summed E-state index contributed by atoms with van der Waals surface area (Å²) in [6, 6.07) is 8.10. The van der Waals surface area contributed by atoms with Crippen LogP contribution < -0.4 is 10.6 Å². The van der Waals surface area contributed by atoms with E-state index in [0.29, 0.717) is 13.2 Å². The van der Waals surface area contributed by atoms with Crippen LogP contribution in [0.3, 0.4) is 0 Å². The molecule has 1 atom stereocenters. The molecule has 0 fully saturated rings. The van der Waals surface area contributed by atoms with Crippen molar-refractivity contribution in [2.75, 3.05) is 40.8 Å². The Morgan fingerprint density at radius 3 is 2.69 bits per heavy atom. The summed E-state index contributed by atoms with van der Waals surface area (Å²) in [4.78, 5) is 6.47. The van der Waals surface area contributed by atoms with E-state index in [1.165, 1.54) is 5.56 Å². The minimum atomic E-state index is 0.161. The number of fused-ring (bicyclic) bond motifs is 1. The Hall–Kier alpha value is -2.05. The number of para-hydroxylation sites is 1. The highest BCUT2D eigenvalue weighted by Gasteiger charge is 2.12. The number of ether oxygens (including phenoxy) is 1. The highest BCUT2D eigenvalue weighted by molar-refractivity contribution is 5.82. The average Bonchev–Trinajstić information content (AvgIpc) is 2.96. The summed E-state index contributed by atoms with van der Waals surface area (Å²) in [5.41, 5.74) is 2.09. The maximum absolute atomic E-state index is 5.95. The van der Waals surface area contributed by atoms with Crippen molar-refractivity contribution in [3.05, 3.63) is 35.6 Å². The Morgan fingerprint density at radius 2 is 2.04 bits per heavy atom. The zero-order chi connectivity index (χ0) is 18.9. The van der Waals surface area contributed by atoms with Gasteiger partial charge in [0.1, 0.15) is 11.3 Å². The van der Waals surface area contributed by atoms with Crippen LogP contribution in [0.15, 0.2) is 33.7 Å². The van der Waals surface area contributed by atoms with Gasteiger partial charge in [-0.15, -0.1) is 0 Å². The fourth-order valence-electron chi connectivity index (χ4n) is 2.87. The molecule has 1 aromatic heterocycles. The Bertz CT molecular complexity index is 709. The number of rotatable bonds is 9. The van der Waals surface area contributed by atoms with E-state index in [1.807, 2.05) is 25.1 Å².